The molecule has 2 saturated carbocycles. The highest BCUT2D eigenvalue weighted by Gasteiger charge is 2.39. The van der Waals surface area contributed by atoms with E-state index >= 15 is 0 Å². The Morgan fingerprint density at radius 1 is 1.25 bits per heavy atom. The third-order valence-electron chi connectivity index (χ3n) is 4.65. The minimum absolute atomic E-state index is 0.454. The molecule has 2 aliphatic rings. The number of benzene rings is 1. The molecular weight excluding hydrogens is 248 g/mol. The van der Waals surface area contributed by atoms with Crippen LogP contribution in [0.5, 0.6) is 0 Å². The standard InChI is InChI=1S/C17H22N2O/c1-12(14-6-7-14)19(16-8-9-16)11-17(20)15-4-2-13(10-18)3-5-15/h2-5,12,14,16-17,20H,6-9,11H2,1H3. The highest BCUT2D eigenvalue weighted by atomic mass is 16.3. The molecule has 1 aromatic rings. The minimum atomic E-state index is -0.454. The van der Waals surface area contributed by atoms with Crippen LogP contribution in [0, 0.1) is 17.2 Å². The molecule has 1 N–H and O–H groups in total. The molecule has 2 unspecified atom stereocenters. The summed E-state index contributed by atoms with van der Waals surface area (Å²) in [7, 11) is 0. The van der Waals surface area contributed by atoms with Crippen molar-refractivity contribution in [3.05, 3.63) is 35.4 Å². The zero-order chi connectivity index (χ0) is 14.1. The molecule has 1 aromatic carbocycles. The van der Waals surface area contributed by atoms with E-state index in [1.807, 2.05) is 12.1 Å². The molecule has 0 bridgehead atoms. The lowest BCUT2D eigenvalue weighted by Gasteiger charge is -2.31. The Morgan fingerprint density at radius 3 is 2.40 bits per heavy atom. The van der Waals surface area contributed by atoms with Crippen molar-refractivity contribution in [2.45, 2.75) is 50.8 Å². The van der Waals surface area contributed by atoms with Crippen LogP contribution in [-0.4, -0.2) is 28.6 Å². The third kappa shape index (κ3) is 3.03. The Balaban J connectivity index is 1.66. The predicted octanol–water partition coefficient (Wildman–Crippen LogP) is 2.85. The van der Waals surface area contributed by atoms with E-state index in [2.05, 4.69) is 17.9 Å². The minimum Gasteiger partial charge on any atom is -0.387 e. The molecule has 2 aliphatic carbocycles. The van der Waals surface area contributed by atoms with E-state index in [9.17, 15) is 5.11 Å². The van der Waals surface area contributed by atoms with E-state index in [1.54, 1.807) is 12.1 Å². The third-order valence-corrected chi connectivity index (χ3v) is 4.65. The van der Waals surface area contributed by atoms with Crippen molar-refractivity contribution in [1.29, 1.82) is 5.26 Å². The Kier molecular flexibility index (Phi) is 3.78. The van der Waals surface area contributed by atoms with Gasteiger partial charge in [-0.1, -0.05) is 12.1 Å². The molecule has 3 nitrogen and oxygen atoms in total. The molecule has 0 radical (unpaired) electrons. The van der Waals surface area contributed by atoms with Crippen molar-refractivity contribution in [3.63, 3.8) is 0 Å². The normalized spacial score (nSPS) is 21.5. The Hall–Kier alpha value is -1.37. The molecule has 0 spiro atoms. The fraction of sp³-hybridized carbons (Fsp3) is 0.588. The second-order valence-corrected chi connectivity index (χ2v) is 6.26. The van der Waals surface area contributed by atoms with E-state index in [-0.39, 0.29) is 0 Å². The van der Waals surface area contributed by atoms with Crippen LogP contribution in [0.2, 0.25) is 0 Å². The fourth-order valence-electron chi connectivity index (χ4n) is 2.99. The Morgan fingerprint density at radius 2 is 1.90 bits per heavy atom. The fourth-order valence-corrected chi connectivity index (χ4v) is 2.99. The maximum atomic E-state index is 10.5. The van der Waals surface area contributed by atoms with E-state index < -0.39 is 6.10 Å². The van der Waals surface area contributed by atoms with Gasteiger partial charge in [-0.25, -0.2) is 0 Å². The molecule has 0 aromatic heterocycles. The number of rotatable bonds is 6. The number of aliphatic hydroxyl groups is 1. The lowest BCUT2D eigenvalue weighted by atomic mass is 10.1. The van der Waals surface area contributed by atoms with Crippen LogP contribution in [-0.2, 0) is 0 Å². The number of hydrogen-bond acceptors (Lipinski definition) is 3. The number of hydrogen-bond donors (Lipinski definition) is 1. The van der Waals surface area contributed by atoms with Gasteiger partial charge in [0, 0.05) is 18.6 Å². The second-order valence-electron chi connectivity index (χ2n) is 6.26. The summed E-state index contributed by atoms with van der Waals surface area (Å²) in [4.78, 5) is 2.50. The Bertz CT molecular complexity index is 497. The summed E-state index contributed by atoms with van der Waals surface area (Å²) in [6.07, 6.45) is 4.78. The lowest BCUT2D eigenvalue weighted by Crippen LogP contribution is -2.39. The van der Waals surface area contributed by atoms with Gasteiger partial charge in [0.15, 0.2) is 0 Å². The topological polar surface area (TPSA) is 47.3 Å². The lowest BCUT2D eigenvalue weighted by molar-refractivity contribution is 0.0790. The van der Waals surface area contributed by atoms with Gasteiger partial charge in [0.1, 0.15) is 0 Å². The zero-order valence-electron chi connectivity index (χ0n) is 12.0. The average Bonchev–Trinajstić information content (AvgIpc) is 3.35. The monoisotopic (exact) mass is 270 g/mol. The van der Waals surface area contributed by atoms with Crippen LogP contribution in [0.15, 0.2) is 24.3 Å². The van der Waals surface area contributed by atoms with Gasteiger partial charge in [-0.15, -0.1) is 0 Å². The summed E-state index contributed by atoms with van der Waals surface area (Å²) in [6, 6.07) is 10.7. The highest BCUT2D eigenvalue weighted by molar-refractivity contribution is 5.32. The van der Waals surface area contributed by atoms with Crippen LogP contribution >= 0.6 is 0 Å². The second kappa shape index (κ2) is 5.55. The number of nitrogens with zero attached hydrogens (tertiary/aromatic N) is 2. The molecule has 3 heteroatoms. The first-order valence-corrected chi connectivity index (χ1v) is 7.63. The number of aliphatic hydroxyl groups excluding tert-OH is 1. The quantitative estimate of drug-likeness (QED) is 0.864. The van der Waals surface area contributed by atoms with Gasteiger partial charge < -0.3 is 5.11 Å². The van der Waals surface area contributed by atoms with Gasteiger partial charge in [0.2, 0.25) is 0 Å². The van der Waals surface area contributed by atoms with Gasteiger partial charge in [-0.05, 0) is 56.2 Å². The molecular formula is C17H22N2O. The van der Waals surface area contributed by atoms with Gasteiger partial charge >= 0.3 is 0 Å². The molecule has 3 rings (SSSR count). The van der Waals surface area contributed by atoms with E-state index in [0.29, 0.717) is 24.2 Å². The largest absolute Gasteiger partial charge is 0.387 e. The van der Waals surface area contributed by atoms with E-state index in [0.717, 1.165) is 11.5 Å². The van der Waals surface area contributed by atoms with Crippen LogP contribution in [0.25, 0.3) is 0 Å². The average molecular weight is 270 g/mol. The van der Waals surface area contributed by atoms with Crippen molar-refractivity contribution in [1.82, 2.24) is 4.90 Å². The van der Waals surface area contributed by atoms with Crippen LogP contribution < -0.4 is 0 Å². The molecule has 2 atom stereocenters. The first-order chi connectivity index (χ1) is 9.69. The van der Waals surface area contributed by atoms with Crippen molar-refractivity contribution in [2.75, 3.05) is 6.54 Å². The van der Waals surface area contributed by atoms with Gasteiger partial charge in [-0.3, -0.25) is 4.90 Å². The van der Waals surface area contributed by atoms with Gasteiger partial charge in [0.25, 0.3) is 0 Å². The summed E-state index contributed by atoms with van der Waals surface area (Å²) < 4.78 is 0. The SMILES string of the molecule is CC(C1CC1)N(CC(O)c1ccc(C#N)cc1)C1CC1. The van der Waals surface area contributed by atoms with E-state index in [4.69, 9.17) is 5.26 Å². The maximum absolute atomic E-state index is 10.5. The molecule has 0 amide bonds. The zero-order valence-corrected chi connectivity index (χ0v) is 12.0. The first kappa shape index (κ1) is 13.6. The number of nitriles is 1. The van der Waals surface area contributed by atoms with Crippen LogP contribution in [0.3, 0.4) is 0 Å². The van der Waals surface area contributed by atoms with Gasteiger partial charge in [0.05, 0.1) is 17.7 Å². The summed E-state index contributed by atoms with van der Waals surface area (Å²) >= 11 is 0. The van der Waals surface area contributed by atoms with Crippen molar-refractivity contribution >= 4 is 0 Å². The smallest absolute Gasteiger partial charge is 0.0991 e. The van der Waals surface area contributed by atoms with E-state index in [1.165, 1.54) is 25.7 Å². The molecule has 0 heterocycles. The van der Waals surface area contributed by atoms with Crippen molar-refractivity contribution in [2.24, 2.45) is 5.92 Å². The van der Waals surface area contributed by atoms with Crippen LogP contribution in [0.4, 0.5) is 0 Å². The maximum Gasteiger partial charge on any atom is 0.0991 e. The van der Waals surface area contributed by atoms with Crippen molar-refractivity contribution in [3.8, 4) is 6.07 Å². The summed E-state index contributed by atoms with van der Waals surface area (Å²) in [5.41, 5.74) is 1.56. The highest BCUT2D eigenvalue weighted by Crippen LogP contribution is 2.40. The molecule has 106 valence electrons. The predicted molar refractivity (Wildman–Crippen MR) is 78.0 cm³/mol. The molecule has 2 fully saturated rings. The van der Waals surface area contributed by atoms with Crippen molar-refractivity contribution < 1.29 is 5.11 Å². The first-order valence-electron chi connectivity index (χ1n) is 7.63. The molecule has 20 heavy (non-hydrogen) atoms. The summed E-state index contributed by atoms with van der Waals surface area (Å²) in [5.74, 6) is 0.837. The summed E-state index contributed by atoms with van der Waals surface area (Å²) in [6.45, 7) is 3.02. The van der Waals surface area contributed by atoms with Gasteiger partial charge in [-0.2, -0.15) is 5.26 Å². The van der Waals surface area contributed by atoms with Crippen LogP contribution in [0.1, 0.15) is 49.8 Å². The molecule has 0 aliphatic heterocycles. The Labute approximate surface area is 120 Å². The molecule has 0 saturated heterocycles. The summed E-state index contributed by atoms with van der Waals surface area (Å²) in [5, 5.41) is 19.3.